The Morgan fingerprint density at radius 3 is 2.76 bits per heavy atom. The molecule has 0 unspecified atom stereocenters. The van der Waals surface area contributed by atoms with Crippen LogP contribution in [0.1, 0.15) is 12.5 Å². The van der Waals surface area contributed by atoms with Crippen molar-refractivity contribution in [1.82, 2.24) is 4.57 Å². The number of hydrogen-bond acceptors (Lipinski definition) is 3. The smallest absolute Gasteiger partial charge is 0.231 e. The van der Waals surface area contributed by atoms with Crippen LogP contribution in [0.2, 0.25) is 0 Å². The first-order valence-electron chi connectivity index (χ1n) is 5.49. The van der Waals surface area contributed by atoms with E-state index in [9.17, 15) is 4.79 Å². The highest BCUT2D eigenvalue weighted by Gasteiger charge is 2.17. The Morgan fingerprint density at radius 2 is 2.06 bits per heavy atom. The van der Waals surface area contributed by atoms with Gasteiger partial charge in [-0.05, 0) is 19.9 Å². The summed E-state index contributed by atoms with van der Waals surface area (Å²) in [7, 11) is 0. The Kier molecular flexibility index (Phi) is 2.11. The molecule has 0 N–H and O–H groups in total. The van der Waals surface area contributed by atoms with Gasteiger partial charge in [0.2, 0.25) is 6.79 Å². The van der Waals surface area contributed by atoms with Crippen LogP contribution in [-0.2, 0) is 6.54 Å². The van der Waals surface area contributed by atoms with Crippen molar-refractivity contribution in [3.63, 3.8) is 0 Å². The molecule has 0 saturated carbocycles. The molecule has 0 bridgehead atoms. The standard InChI is InChI=1S/C13H12NO3/c1-3-14-6-8(2)13(15)9-4-11-12(5-10(9)14)17-7-16-11/h4-6H,2-3,7H2,1H3. The molecule has 0 spiro atoms. The Bertz CT molecular complexity index is 658. The highest BCUT2D eigenvalue weighted by molar-refractivity contribution is 5.84. The molecular formula is C13H12NO3. The van der Waals surface area contributed by atoms with Crippen LogP contribution in [-0.4, -0.2) is 11.4 Å². The van der Waals surface area contributed by atoms with Gasteiger partial charge in [-0.2, -0.15) is 0 Å². The zero-order chi connectivity index (χ0) is 12.0. The van der Waals surface area contributed by atoms with Crippen molar-refractivity contribution in [2.75, 3.05) is 6.79 Å². The molecule has 0 fully saturated rings. The van der Waals surface area contributed by atoms with Crippen LogP contribution in [0.4, 0.5) is 0 Å². The first-order chi connectivity index (χ1) is 8.20. The Balaban J connectivity index is 2.45. The molecule has 87 valence electrons. The summed E-state index contributed by atoms with van der Waals surface area (Å²) < 4.78 is 12.6. The zero-order valence-electron chi connectivity index (χ0n) is 9.53. The van der Waals surface area contributed by atoms with Crippen LogP contribution < -0.4 is 14.9 Å². The Labute approximate surface area is 98.4 Å². The van der Waals surface area contributed by atoms with Crippen molar-refractivity contribution >= 4 is 10.9 Å². The van der Waals surface area contributed by atoms with Gasteiger partial charge in [0.25, 0.3) is 0 Å². The molecule has 4 heteroatoms. The van der Waals surface area contributed by atoms with E-state index in [-0.39, 0.29) is 12.2 Å². The summed E-state index contributed by atoms with van der Waals surface area (Å²) in [5.74, 6) is 1.32. The fourth-order valence-corrected chi connectivity index (χ4v) is 2.10. The van der Waals surface area contributed by atoms with E-state index in [1.54, 1.807) is 12.3 Å². The highest BCUT2D eigenvalue weighted by Crippen LogP contribution is 2.35. The minimum absolute atomic E-state index is 0.0528. The number of aryl methyl sites for hydroxylation is 1. The van der Waals surface area contributed by atoms with Crippen LogP contribution in [0.15, 0.2) is 23.1 Å². The number of rotatable bonds is 1. The van der Waals surface area contributed by atoms with E-state index >= 15 is 0 Å². The van der Waals surface area contributed by atoms with E-state index in [0.717, 1.165) is 12.1 Å². The second kappa shape index (κ2) is 3.52. The molecule has 0 aliphatic carbocycles. The molecule has 2 heterocycles. The molecule has 1 aromatic carbocycles. The topological polar surface area (TPSA) is 40.5 Å². The van der Waals surface area contributed by atoms with Crippen molar-refractivity contribution in [2.45, 2.75) is 13.5 Å². The van der Waals surface area contributed by atoms with E-state index in [1.807, 2.05) is 17.6 Å². The average molecular weight is 230 g/mol. The van der Waals surface area contributed by atoms with Gasteiger partial charge in [-0.3, -0.25) is 4.79 Å². The van der Waals surface area contributed by atoms with Crippen molar-refractivity contribution in [3.05, 3.63) is 41.0 Å². The van der Waals surface area contributed by atoms with Gasteiger partial charge in [0, 0.05) is 29.8 Å². The van der Waals surface area contributed by atoms with Crippen molar-refractivity contribution < 1.29 is 9.47 Å². The monoisotopic (exact) mass is 230 g/mol. The summed E-state index contributed by atoms with van der Waals surface area (Å²) in [4.78, 5) is 12.0. The highest BCUT2D eigenvalue weighted by atomic mass is 16.7. The van der Waals surface area contributed by atoms with Crippen LogP contribution in [0, 0.1) is 6.92 Å². The normalized spacial score (nSPS) is 13.3. The van der Waals surface area contributed by atoms with Crippen LogP contribution in [0.3, 0.4) is 0 Å². The first kappa shape index (κ1) is 10.2. The quantitative estimate of drug-likeness (QED) is 0.751. The maximum atomic E-state index is 12.0. The van der Waals surface area contributed by atoms with Crippen molar-refractivity contribution in [1.29, 1.82) is 0 Å². The maximum absolute atomic E-state index is 12.0. The summed E-state index contributed by atoms with van der Waals surface area (Å²) in [5.41, 5.74) is 1.30. The van der Waals surface area contributed by atoms with Gasteiger partial charge >= 0.3 is 0 Å². The summed E-state index contributed by atoms with van der Waals surface area (Å²) in [6.07, 6.45) is 1.77. The van der Waals surface area contributed by atoms with E-state index in [0.29, 0.717) is 22.4 Å². The lowest BCUT2D eigenvalue weighted by Crippen LogP contribution is -2.11. The average Bonchev–Trinajstić information content (AvgIpc) is 2.79. The molecule has 1 aromatic heterocycles. The van der Waals surface area contributed by atoms with Crippen molar-refractivity contribution in [3.8, 4) is 11.5 Å². The molecule has 1 radical (unpaired) electrons. The van der Waals surface area contributed by atoms with Crippen LogP contribution in [0.25, 0.3) is 10.9 Å². The summed E-state index contributed by atoms with van der Waals surface area (Å²) in [6, 6.07) is 3.59. The molecule has 17 heavy (non-hydrogen) atoms. The van der Waals surface area contributed by atoms with Gasteiger partial charge in [-0.25, -0.2) is 0 Å². The van der Waals surface area contributed by atoms with Gasteiger partial charge in [0.1, 0.15) is 0 Å². The summed E-state index contributed by atoms with van der Waals surface area (Å²) in [6.45, 7) is 6.78. The number of fused-ring (bicyclic) bond motifs is 2. The van der Waals surface area contributed by atoms with E-state index in [1.165, 1.54) is 0 Å². The second-order valence-electron chi connectivity index (χ2n) is 3.99. The molecule has 2 aromatic rings. The number of ether oxygens (including phenoxy) is 2. The molecule has 0 amide bonds. The zero-order valence-corrected chi connectivity index (χ0v) is 9.53. The van der Waals surface area contributed by atoms with Gasteiger partial charge < -0.3 is 14.0 Å². The molecule has 0 atom stereocenters. The third kappa shape index (κ3) is 1.40. The van der Waals surface area contributed by atoms with Crippen molar-refractivity contribution in [2.24, 2.45) is 0 Å². The minimum atomic E-state index is -0.0528. The fraction of sp³-hybridized carbons (Fsp3) is 0.231. The lowest BCUT2D eigenvalue weighted by Gasteiger charge is -2.10. The molecule has 4 nitrogen and oxygen atoms in total. The number of pyridine rings is 1. The Morgan fingerprint density at radius 1 is 1.35 bits per heavy atom. The van der Waals surface area contributed by atoms with Crippen LogP contribution in [0.5, 0.6) is 11.5 Å². The number of benzene rings is 1. The molecular weight excluding hydrogens is 218 g/mol. The van der Waals surface area contributed by atoms with Crippen LogP contribution >= 0.6 is 0 Å². The van der Waals surface area contributed by atoms with E-state index in [2.05, 4.69) is 6.92 Å². The first-order valence-corrected chi connectivity index (χ1v) is 5.49. The summed E-state index contributed by atoms with van der Waals surface area (Å²) in [5, 5.41) is 0.628. The van der Waals surface area contributed by atoms with Gasteiger partial charge in [-0.15, -0.1) is 0 Å². The number of nitrogens with zero attached hydrogens (tertiary/aromatic N) is 1. The molecule has 1 aliphatic heterocycles. The van der Waals surface area contributed by atoms with Gasteiger partial charge in [0.15, 0.2) is 16.9 Å². The lowest BCUT2D eigenvalue weighted by molar-refractivity contribution is 0.174. The van der Waals surface area contributed by atoms with E-state index < -0.39 is 0 Å². The third-order valence-electron chi connectivity index (χ3n) is 2.99. The predicted octanol–water partition coefficient (Wildman–Crippen LogP) is 1.93. The molecule has 0 saturated heterocycles. The number of aromatic nitrogens is 1. The minimum Gasteiger partial charge on any atom is -0.454 e. The Hall–Kier alpha value is -1.97. The molecule has 3 rings (SSSR count). The van der Waals surface area contributed by atoms with Gasteiger partial charge in [-0.1, -0.05) is 0 Å². The molecule has 1 aliphatic rings. The SMILES string of the molecule is [CH2]c1cn(CC)c2cc3c(cc2c1=O)OCO3. The fourth-order valence-electron chi connectivity index (χ4n) is 2.10. The maximum Gasteiger partial charge on any atom is 0.231 e. The summed E-state index contributed by atoms with van der Waals surface area (Å²) >= 11 is 0. The lowest BCUT2D eigenvalue weighted by atomic mass is 10.1. The van der Waals surface area contributed by atoms with Gasteiger partial charge in [0.05, 0.1) is 5.52 Å². The number of hydrogen-bond donors (Lipinski definition) is 0. The third-order valence-corrected chi connectivity index (χ3v) is 2.99. The van der Waals surface area contributed by atoms with E-state index in [4.69, 9.17) is 9.47 Å². The predicted molar refractivity (Wildman–Crippen MR) is 64.5 cm³/mol. The largest absolute Gasteiger partial charge is 0.454 e. The second-order valence-corrected chi connectivity index (χ2v) is 3.99.